The second-order valence-corrected chi connectivity index (χ2v) is 7.81. The Morgan fingerprint density at radius 2 is 1.89 bits per heavy atom. The molecule has 0 spiro atoms. The van der Waals surface area contributed by atoms with Gasteiger partial charge in [0.05, 0.1) is 5.75 Å². The Labute approximate surface area is 164 Å². The van der Waals surface area contributed by atoms with Gasteiger partial charge < -0.3 is 5.32 Å². The highest BCUT2D eigenvalue weighted by molar-refractivity contribution is 7.99. The summed E-state index contributed by atoms with van der Waals surface area (Å²) < 4.78 is 0. The summed E-state index contributed by atoms with van der Waals surface area (Å²) in [5, 5.41) is 10.8. The lowest BCUT2D eigenvalue weighted by molar-refractivity contribution is -0.113. The number of thioether (sulfide) groups is 1. The van der Waals surface area contributed by atoms with Crippen LogP contribution >= 0.6 is 11.8 Å². The number of amides is 1. The zero-order valence-electron chi connectivity index (χ0n) is 16.0. The fourth-order valence-electron chi connectivity index (χ4n) is 2.80. The van der Waals surface area contributed by atoms with Gasteiger partial charge in [0.25, 0.3) is 0 Å². The van der Waals surface area contributed by atoms with Gasteiger partial charge in [0.1, 0.15) is 0 Å². The van der Waals surface area contributed by atoms with Crippen LogP contribution in [-0.2, 0) is 4.79 Å². The number of hydrogen-bond acceptors (Lipinski definition) is 4. The molecule has 3 aromatic rings. The molecule has 1 amide bonds. The SMILES string of the molecule is Cc1ccc(-c2nc(SCC(=O)Nc3c(C)cccc3C(C)C)n[nH]2)cc1. The number of rotatable bonds is 6. The summed E-state index contributed by atoms with van der Waals surface area (Å²) in [6.07, 6.45) is 0. The summed E-state index contributed by atoms with van der Waals surface area (Å²) in [6.45, 7) is 8.31. The van der Waals surface area contributed by atoms with Crippen LogP contribution in [-0.4, -0.2) is 26.8 Å². The van der Waals surface area contributed by atoms with Crippen molar-refractivity contribution in [2.75, 3.05) is 11.1 Å². The highest BCUT2D eigenvalue weighted by atomic mass is 32.2. The number of benzene rings is 2. The van der Waals surface area contributed by atoms with E-state index in [4.69, 9.17) is 0 Å². The first-order valence-corrected chi connectivity index (χ1v) is 9.94. The molecule has 2 N–H and O–H groups in total. The van der Waals surface area contributed by atoms with Crippen molar-refractivity contribution in [3.8, 4) is 11.4 Å². The molecule has 5 nitrogen and oxygen atoms in total. The van der Waals surface area contributed by atoms with Crippen LogP contribution in [0.15, 0.2) is 47.6 Å². The molecule has 0 bridgehead atoms. The Bertz CT molecular complexity index is 932. The molecule has 0 aliphatic carbocycles. The van der Waals surface area contributed by atoms with Crippen LogP contribution in [0.3, 0.4) is 0 Å². The number of aromatic nitrogens is 3. The van der Waals surface area contributed by atoms with E-state index in [2.05, 4.69) is 40.4 Å². The smallest absolute Gasteiger partial charge is 0.234 e. The number of aromatic amines is 1. The van der Waals surface area contributed by atoms with Crippen molar-refractivity contribution in [1.82, 2.24) is 15.2 Å². The van der Waals surface area contributed by atoms with Gasteiger partial charge in [0, 0.05) is 11.3 Å². The number of anilines is 1. The number of hydrogen-bond donors (Lipinski definition) is 2. The summed E-state index contributed by atoms with van der Waals surface area (Å²) in [6, 6.07) is 14.2. The molecule has 0 fully saturated rings. The maximum absolute atomic E-state index is 12.4. The molecule has 0 saturated heterocycles. The number of para-hydroxylation sites is 1. The second kappa shape index (κ2) is 8.39. The Kier molecular flexibility index (Phi) is 5.96. The summed E-state index contributed by atoms with van der Waals surface area (Å²) in [7, 11) is 0. The molecule has 3 rings (SSSR count). The van der Waals surface area contributed by atoms with Gasteiger partial charge in [0.15, 0.2) is 5.82 Å². The number of H-pyrrole nitrogens is 1. The first-order chi connectivity index (χ1) is 12.9. The average Bonchev–Trinajstić information content (AvgIpc) is 3.11. The van der Waals surface area contributed by atoms with E-state index in [1.54, 1.807) is 0 Å². The van der Waals surface area contributed by atoms with E-state index >= 15 is 0 Å². The first kappa shape index (κ1) is 19.2. The third kappa shape index (κ3) is 4.77. The molecule has 1 aromatic heterocycles. The van der Waals surface area contributed by atoms with Gasteiger partial charge in [-0.25, -0.2) is 4.98 Å². The van der Waals surface area contributed by atoms with Gasteiger partial charge in [-0.1, -0.05) is 73.6 Å². The molecule has 0 unspecified atom stereocenters. The fraction of sp³-hybridized carbons (Fsp3) is 0.286. The molecule has 0 aliphatic rings. The first-order valence-electron chi connectivity index (χ1n) is 8.95. The Morgan fingerprint density at radius 3 is 2.59 bits per heavy atom. The topological polar surface area (TPSA) is 70.7 Å². The molecule has 2 aromatic carbocycles. The molecular weight excluding hydrogens is 356 g/mol. The van der Waals surface area contributed by atoms with Crippen molar-refractivity contribution in [2.45, 2.75) is 38.8 Å². The quantitative estimate of drug-likeness (QED) is 0.594. The Balaban J connectivity index is 1.63. The fourth-order valence-corrected chi connectivity index (χ4v) is 3.40. The van der Waals surface area contributed by atoms with Gasteiger partial charge in [-0.15, -0.1) is 5.10 Å². The molecule has 27 heavy (non-hydrogen) atoms. The van der Waals surface area contributed by atoms with Crippen LogP contribution in [0.2, 0.25) is 0 Å². The normalized spacial score (nSPS) is 11.0. The van der Waals surface area contributed by atoms with Gasteiger partial charge in [-0.05, 0) is 30.9 Å². The van der Waals surface area contributed by atoms with E-state index in [0.29, 0.717) is 16.9 Å². The van der Waals surface area contributed by atoms with E-state index in [1.807, 2.05) is 50.2 Å². The van der Waals surface area contributed by atoms with Crippen molar-refractivity contribution in [3.63, 3.8) is 0 Å². The average molecular weight is 381 g/mol. The number of carbonyl (C=O) groups excluding carboxylic acids is 1. The predicted molar refractivity (Wildman–Crippen MR) is 111 cm³/mol. The van der Waals surface area contributed by atoms with Crippen molar-refractivity contribution < 1.29 is 4.79 Å². The van der Waals surface area contributed by atoms with Gasteiger partial charge in [0.2, 0.25) is 11.1 Å². The lowest BCUT2D eigenvalue weighted by atomic mass is 9.98. The largest absolute Gasteiger partial charge is 0.325 e. The third-order valence-electron chi connectivity index (χ3n) is 4.31. The lowest BCUT2D eigenvalue weighted by Crippen LogP contribution is -2.16. The molecule has 6 heteroatoms. The maximum atomic E-state index is 12.4. The number of nitrogens with one attached hydrogen (secondary N) is 2. The number of nitrogens with zero attached hydrogens (tertiary/aromatic N) is 2. The van der Waals surface area contributed by atoms with Crippen LogP contribution in [0.25, 0.3) is 11.4 Å². The van der Waals surface area contributed by atoms with Crippen LogP contribution in [0.5, 0.6) is 0 Å². The molecule has 0 saturated carbocycles. The summed E-state index contributed by atoms with van der Waals surface area (Å²) >= 11 is 1.32. The molecule has 140 valence electrons. The van der Waals surface area contributed by atoms with Crippen LogP contribution < -0.4 is 5.32 Å². The zero-order valence-corrected chi connectivity index (χ0v) is 16.9. The van der Waals surface area contributed by atoms with E-state index in [0.717, 1.165) is 22.4 Å². The van der Waals surface area contributed by atoms with E-state index in [-0.39, 0.29) is 11.7 Å². The van der Waals surface area contributed by atoms with Gasteiger partial charge in [-0.3, -0.25) is 9.89 Å². The van der Waals surface area contributed by atoms with Crippen molar-refractivity contribution in [1.29, 1.82) is 0 Å². The summed E-state index contributed by atoms with van der Waals surface area (Å²) in [5.41, 5.74) is 5.30. The minimum Gasteiger partial charge on any atom is -0.325 e. The van der Waals surface area contributed by atoms with Crippen LogP contribution in [0.4, 0.5) is 5.69 Å². The van der Waals surface area contributed by atoms with Crippen molar-refractivity contribution in [2.24, 2.45) is 0 Å². The third-order valence-corrected chi connectivity index (χ3v) is 5.16. The van der Waals surface area contributed by atoms with E-state index in [1.165, 1.54) is 17.3 Å². The van der Waals surface area contributed by atoms with Crippen molar-refractivity contribution >= 4 is 23.4 Å². The predicted octanol–water partition coefficient (Wildman–Crippen LogP) is 4.94. The standard InChI is InChI=1S/C21H24N4OS/c1-13(2)17-7-5-6-15(4)19(17)22-18(26)12-27-21-23-20(24-25-21)16-10-8-14(3)9-11-16/h5-11,13H,12H2,1-4H3,(H,22,26)(H,23,24,25). The van der Waals surface area contributed by atoms with E-state index < -0.39 is 0 Å². The van der Waals surface area contributed by atoms with Crippen LogP contribution in [0.1, 0.15) is 36.5 Å². The number of aryl methyl sites for hydroxylation is 2. The van der Waals surface area contributed by atoms with E-state index in [9.17, 15) is 4.79 Å². The molecule has 0 radical (unpaired) electrons. The minimum absolute atomic E-state index is 0.0575. The van der Waals surface area contributed by atoms with Gasteiger partial charge in [-0.2, -0.15) is 0 Å². The van der Waals surface area contributed by atoms with Crippen LogP contribution in [0, 0.1) is 13.8 Å². The molecule has 0 aliphatic heterocycles. The highest BCUT2D eigenvalue weighted by Crippen LogP contribution is 2.28. The summed E-state index contributed by atoms with van der Waals surface area (Å²) in [5.74, 6) is 1.26. The Morgan fingerprint density at radius 1 is 1.15 bits per heavy atom. The van der Waals surface area contributed by atoms with Crippen molar-refractivity contribution in [3.05, 3.63) is 59.2 Å². The lowest BCUT2D eigenvalue weighted by Gasteiger charge is -2.16. The maximum Gasteiger partial charge on any atom is 0.234 e. The number of carbonyl (C=O) groups is 1. The minimum atomic E-state index is -0.0575. The molecule has 0 atom stereocenters. The Hall–Kier alpha value is -2.60. The monoisotopic (exact) mass is 380 g/mol. The molecular formula is C21H24N4OS. The second-order valence-electron chi connectivity index (χ2n) is 6.86. The summed E-state index contributed by atoms with van der Waals surface area (Å²) in [4.78, 5) is 16.9. The zero-order chi connectivity index (χ0) is 19.4. The van der Waals surface area contributed by atoms with Gasteiger partial charge >= 0.3 is 0 Å². The highest BCUT2D eigenvalue weighted by Gasteiger charge is 2.13. The molecule has 1 heterocycles.